The zero-order valence-corrected chi connectivity index (χ0v) is 14.1. The smallest absolute Gasteiger partial charge is 0.330 e. The van der Waals surface area contributed by atoms with E-state index in [1.165, 1.54) is 0 Å². The molecule has 4 heteroatoms. The zero-order valence-electron chi connectivity index (χ0n) is 14.1. The van der Waals surface area contributed by atoms with Gasteiger partial charge in [-0.2, -0.15) is 0 Å². The fraction of sp³-hybridized carbons (Fsp3) is 0.368. The molecule has 0 saturated carbocycles. The minimum atomic E-state index is -0.938. The molecule has 119 valence electrons. The first-order valence-corrected chi connectivity index (χ1v) is 7.90. The maximum atomic E-state index is 10.2. The Morgan fingerprint density at radius 2 is 1.91 bits per heavy atom. The number of furan rings is 1. The highest BCUT2D eigenvalue weighted by Gasteiger charge is 2.35. The summed E-state index contributed by atoms with van der Waals surface area (Å²) in [5, 5.41) is 11.3. The van der Waals surface area contributed by atoms with E-state index in [9.17, 15) is 5.11 Å². The summed E-state index contributed by atoms with van der Waals surface area (Å²) in [5.41, 5.74) is 1.33. The van der Waals surface area contributed by atoms with E-state index >= 15 is 0 Å². The Bertz CT molecular complexity index is 775. The van der Waals surface area contributed by atoms with Gasteiger partial charge in [-0.15, -0.1) is 0 Å². The third-order valence-electron chi connectivity index (χ3n) is 4.60. The molecule has 0 spiro atoms. The van der Waals surface area contributed by atoms with E-state index in [2.05, 4.69) is 18.2 Å². The standard InChI is InChI=1S/C19H22BO3/c1-18(2,21)19(3,4)23-20-13-8-7-11-17-15(12-13)14-9-5-6-10-16(14)22-17/h5-10,12,21H,11H2,1-4H3. The van der Waals surface area contributed by atoms with Crippen molar-refractivity contribution in [2.24, 2.45) is 0 Å². The second-order valence-electron chi connectivity index (χ2n) is 6.99. The molecule has 1 aliphatic rings. The summed E-state index contributed by atoms with van der Waals surface area (Å²) in [4.78, 5) is 0. The van der Waals surface area contributed by atoms with Crippen molar-refractivity contribution in [1.82, 2.24) is 0 Å². The number of hydrogen-bond donors (Lipinski definition) is 1. The van der Waals surface area contributed by atoms with E-state index < -0.39 is 11.2 Å². The fourth-order valence-corrected chi connectivity index (χ4v) is 2.38. The van der Waals surface area contributed by atoms with Crippen molar-refractivity contribution in [3.8, 4) is 0 Å². The van der Waals surface area contributed by atoms with Crippen LogP contribution in [0.25, 0.3) is 17.0 Å². The van der Waals surface area contributed by atoms with Crippen LogP contribution < -0.4 is 0 Å². The van der Waals surface area contributed by atoms with E-state index in [0.29, 0.717) is 0 Å². The van der Waals surface area contributed by atoms with Crippen LogP contribution in [0.2, 0.25) is 0 Å². The minimum Gasteiger partial charge on any atom is -0.460 e. The number of aliphatic hydroxyl groups is 1. The van der Waals surface area contributed by atoms with Crippen molar-refractivity contribution in [3.63, 3.8) is 0 Å². The van der Waals surface area contributed by atoms with E-state index in [1.807, 2.05) is 38.1 Å². The lowest BCUT2D eigenvalue weighted by Gasteiger charge is -2.37. The molecule has 0 fully saturated rings. The van der Waals surface area contributed by atoms with Crippen LogP contribution in [-0.4, -0.2) is 23.8 Å². The molecule has 0 atom stereocenters. The Morgan fingerprint density at radius 3 is 2.65 bits per heavy atom. The van der Waals surface area contributed by atoms with Gasteiger partial charge in [-0.3, -0.25) is 0 Å². The normalized spacial score (nSPS) is 15.3. The molecule has 0 unspecified atom stereocenters. The van der Waals surface area contributed by atoms with Crippen molar-refractivity contribution in [1.29, 1.82) is 0 Å². The van der Waals surface area contributed by atoms with Gasteiger partial charge in [0.15, 0.2) is 0 Å². The average molecular weight is 309 g/mol. The number of para-hydroxylation sites is 1. The van der Waals surface area contributed by atoms with Gasteiger partial charge in [0.2, 0.25) is 0 Å². The van der Waals surface area contributed by atoms with Crippen LogP contribution in [-0.2, 0) is 11.1 Å². The van der Waals surface area contributed by atoms with Gasteiger partial charge in [0.1, 0.15) is 11.3 Å². The van der Waals surface area contributed by atoms with Gasteiger partial charge >= 0.3 is 7.48 Å². The molecule has 1 aliphatic carbocycles. The minimum absolute atomic E-state index is 0.685. The molecule has 0 amide bonds. The zero-order chi connectivity index (χ0) is 16.7. The summed E-state index contributed by atoms with van der Waals surface area (Å²) in [6, 6.07) is 8.05. The third-order valence-corrected chi connectivity index (χ3v) is 4.60. The van der Waals surface area contributed by atoms with Crippen LogP contribution >= 0.6 is 0 Å². The second-order valence-corrected chi connectivity index (χ2v) is 6.99. The Morgan fingerprint density at radius 1 is 1.17 bits per heavy atom. The van der Waals surface area contributed by atoms with Gasteiger partial charge in [-0.05, 0) is 33.8 Å². The predicted octanol–water partition coefficient (Wildman–Crippen LogP) is 4.07. The first-order valence-electron chi connectivity index (χ1n) is 7.90. The van der Waals surface area contributed by atoms with E-state index in [4.69, 9.17) is 9.07 Å². The first kappa shape index (κ1) is 16.1. The maximum absolute atomic E-state index is 10.2. The maximum Gasteiger partial charge on any atom is 0.330 e. The summed E-state index contributed by atoms with van der Waals surface area (Å²) >= 11 is 0. The molecule has 3 rings (SSSR count). The van der Waals surface area contributed by atoms with Crippen LogP contribution in [0.15, 0.2) is 46.3 Å². The summed E-state index contributed by atoms with van der Waals surface area (Å²) < 4.78 is 11.8. The van der Waals surface area contributed by atoms with Crippen molar-refractivity contribution >= 4 is 24.5 Å². The second kappa shape index (κ2) is 5.70. The van der Waals surface area contributed by atoms with Crippen LogP contribution in [0, 0.1) is 0 Å². The Kier molecular flexibility index (Phi) is 3.99. The number of hydrogen-bond acceptors (Lipinski definition) is 3. The van der Waals surface area contributed by atoms with Crippen LogP contribution in [0.4, 0.5) is 0 Å². The van der Waals surface area contributed by atoms with Crippen molar-refractivity contribution < 1.29 is 14.2 Å². The Labute approximate surface area is 137 Å². The third kappa shape index (κ3) is 3.14. The highest BCUT2D eigenvalue weighted by Crippen LogP contribution is 2.31. The SMILES string of the molecule is CC(C)(O)C(C)(C)O[B]C1=Cc2c(oc3ccccc23)CC=C1. The first-order chi connectivity index (χ1) is 10.8. The summed E-state index contributed by atoms with van der Waals surface area (Å²) in [6.45, 7) is 7.26. The molecule has 0 saturated heterocycles. The Balaban J connectivity index is 1.89. The molecular formula is C19H22BO3. The number of benzene rings is 1. The lowest BCUT2D eigenvalue weighted by molar-refractivity contribution is -0.0896. The molecular weight excluding hydrogens is 287 g/mol. The lowest BCUT2D eigenvalue weighted by atomic mass is 9.81. The van der Waals surface area contributed by atoms with Crippen LogP contribution in [0.1, 0.15) is 39.0 Å². The number of rotatable bonds is 4. The van der Waals surface area contributed by atoms with Crippen molar-refractivity contribution in [2.45, 2.75) is 45.3 Å². The molecule has 1 radical (unpaired) electrons. The van der Waals surface area contributed by atoms with Crippen molar-refractivity contribution in [3.05, 3.63) is 53.2 Å². The van der Waals surface area contributed by atoms with E-state index in [0.717, 1.165) is 34.2 Å². The van der Waals surface area contributed by atoms with Gasteiger partial charge in [-0.1, -0.05) is 41.9 Å². The van der Waals surface area contributed by atoms with Gasteiger partial charge in [0.25, 0.3) is 0 Å². The molecule has 23 heavy (non-hydrogen) atoms. The molecule has 1 aromatic carbocycles. The quantitative estimate of drug-likeness (QED) is 0.866. The van der Waals surface area contributed by atoms with Gasteiger partial charge in [0, 0.05) is 17.4 Å². The highest BCUT2D eigenvalue weighted by molar-refractivity contribution is 6.41. The van der Waals surface area contributed by atoms with Gasteiger partial charge in [-0.25, -0.2) is 0 Å². The monoisotopic (exact) mass is 309 g/mol. The number of allylic oxidation sites excluding steroid dienone is 3. The molecule has 3 nitrogen and oxygen atoms in total. The topological polar surface area (TPSA) is 42.6 Å². The summed E-state index contributed by atoms with van der Waals surface area (Å²) in [7, 11) is 1.71. The molecule has 1 N–H and O–H groups in total. The predicted molar refractivity (Wildman–Crippen MR) is 94.3 cm³/mol. The average Bonchev–Trinajstić information content (AvgIpc) is 2.69. The fourth-order valence-electron chi connectivity index (χ4n) is 2.38. The van der Waals surface area contributed by atoms with Crippen molar-refractivity contribution in [2.75, 3.05) is 0 Å². The molecule has 1 aromatic heterocycles. The van der Waals surface area contributed by atoms with E-state index in [1.54, 1.807) is 21.3 Å². The largest absolute Gasteiger partial charge is 0.460 e. The molecule has 0 bridgehead atoms. The van der Waals surface area contributed by atoms with Crippen LogP contribution in [0.3, 0.4) is 0 Å². The highest BCUT2D eigenvalue weighted by atomic mass is 16.5. The molecule has 1 heterocycles. The lowest BCUT2D eigenvalue weighted by Crippen LogP contribution is -2.48. The molecule has 2 aromatic rings. The van der Waals surface area contributed by atoms with Crippen LogP contribution in [0.5, 0.6) is 0 Å². The summed E-state index contributed by atoms with van der Waals surface area (Å²) in [6.07, 6.45) is 6.92. The molecule has 0 aliphatic heterocycles. The summed E-state index contributed by atoms with van der Waals surface area (Å²) in [5.74, 6) is 0.965. The Hall–Kier alpha value is -1.78. The van der Waals surface area contributed by atoms with E-state index in [-0.39, 0.29) is 0 Å². The van der Waals surface area contributed by atoms with Gasteiger partial charge < -0.3 is 14.2 Å². The van der Waals surface area contributed by atoms with Gasteiger partial charge in [0.05, 0.1) is 11.2 Å². The number of fused-ring (bicyclic) bond motifs is 3.